The van der Waals surface area contributed by atoms with Gasteiger partial charge in [0.15, 0.2) is 0 Å². The van der Waals surface area contributed by atoms with E-state index >= 15 is 0 Å². The topological polar surface area (TPSA) is 60.4 Å². The fourth-order valence-corrected chi connectivity index (χ4v) is 5.10. The van der Waals surface area contributed by atoms with E-state index < -0.39 is 0 Å². The molecular weight excluding hydrogens is 448 g/mol. The number of fused-ring (bicyclic) bond motifs is 4. The lowest BCUT2D eigenvalue weighted by Crippen LogP contribution is -2.05. The predicted octanol–water partition coefficient (Wildman–Crippen LogP) is 7.54. The number of rotatable bonds is 2. The highest BCUT2D eigenvalue weighted by Gasteiger charge is 2.18. The van der Waals surface area contributed by atoms with Crippen molar-refractivity contribution in [3.8, 4) is 22.3 Å². The summed E-state index contributed by atoms with van der Waals surface area (Å²) in [5, 5.41) is 2.10. The molecule has 36 heavy (non-hydrogen) atoms. The first-order chi connectivity index (χ1) is 17.7. The molecule has 2 heterocycles. The normalized spacial score (nSPS) is 11.6. The zero-order chi connectivity index (χ0) is 24.2. The second kappa shape index (κ2) is 7.79. The van der Waals surface area contributed by atoms with Crippen molar-refractivity contribution in [3.05, 3.63) is 130 Å². The van der Waals surface area contributed by atoms with Crippen LogP contribution in [-0.4, -0.2) is 0 Å². The van der Waals surface area contributed by atoms with E-state index in [9.17, 15) is 9.59 Å². The average molecular weight is 466 g/mol. The van der Waals surface area contributed by atoms with E-state index in [1.807, 2.05) is 84.9 Å². The predicted molar refractivity (Wildman–Crippen MR) is 144 cm³/mol. The van der Waals surface area contributed by atoms with Crippen LogP contribution in [-0.2, 0) is 0 Å². The van der Waals surface area contributed by atoms with Gasteiger partial charge in [0.1, 0.15) is 22.3 Å². The molecule has 0 bridgehead atoms. The number of hydrogen-bond donors (Lipinski definition) is 0. The van der Waals surface area contributed by atoms with E-state index in [4.69, 9.17) is 8.83 Å². The summed E-state index contributed by atoms with van der Waals surface area (Å²) >= 11 is 0. The Labute approximate surface area is 204 Å². The van der Waals surface area contributed by atoms with E-state index in [0.717, 1.165) is 22.3 Å². The first kappa shape index (κ1) is 20.4. The van der Waals surface area contributed by atoms with Crippen LogP contribution < -0.4 is 10.9 Å². The molecular formula is C32H18O4. The van der Waals surface area contributed by atoms with Gasteiger partial charge in [0.25, 0.3) is 0 Å². The van der Waals surface area contributed by atoms with Crippen LogP contribution in [0.5, 0.6) is 0 Å². The molecule has 0 saturated heterocycles. The molecule has 0 aliphatic rings. The van der Waals surface area contributed by atoms with E-state index in [2.05, 4.69) is 0 Å². The van der Waals surface area contributed by atoms with Gasteiger partial charge in [-0.15, -0.1) is 0 Å². The van der Waals surface area contributed by atoms with Crippen LogP contribution in [0.1, 0.15) is 0 Å². The Morgan fingerprint density at radius 3 is 1.19 bits per heavy atom. The van der Waals surface area contributed by atoms with Crippen LogP contribution in [0.15, 0.2) is 128 Å². The van der Waals surface area contributed by atoms with Crippen molar-refractivity contribution in [3.63, 3.8) is 0 Å². The van der Waals surface area contributed by atoms with Gasteiger partial charge in [0.05, 0.1) is 21.5 Å². The number of hydrogen-bond acceptors (Lipinski definition) is 4. The molecule has 0 saturated carbocycles. The average Bonchev–Trinajstić information content (AvgIpc) is 2.93. The standard InChI is InChI=1S/C32H18O4/c33-31-23-11-3-5-15-25(23)35-27-17-7-13-21(29(27)31)19-9-1-2-10-20(19)22-14-8-18-28-30(22)32(34)24-12-4-6-16-26(24)36-28/h1-18H. The Morgan fingerprint density at radius 1 is 0.361 bits per heavy atom. The molecule has 5 aromatic carbocycles. The van der Waals surface area contributed by atoms with Gasteiger partial charge in [0, 0.05) is 0 Å². The van der Waals surface area contributed by atoms with Crippen LogP contribution in [0.4, 0.5) is 0 Å². The Kier molecular flexibility index (Phi) is 4.42. The van der Waals surface area contributed by atoms with Crippen molar-refractivity contribution in [1.82, 2.24) is 0 Å². The summed E-state index contributed by atoms with van der Waals surface area (Å²) in [4.78, 5) is 27.2. The van der Waals surface area contributed by atoms with Gasteiger partial charge in [-0.05, 0) is 58.7 Å². The summed E-state index contributed by atoms with van der Waals surface area (Å²) in [6, 6.07) is 33.6. The zero-order valence-corrected chi connectivity index (χ0v) is 19.0. The van der Waals surface area contributed by atoms with Crippen molar-refractivity contribution >= 4 is 43.9 Å². The minimum absolute atomic E-state index is 0.0827. The molecule has 0 atom stereocenters. The molecule has 0 fully saturated rings. The molecule has 170 valence electrons. The highest BCUT2D eigenvalue weighted by Crippen LogP contribution is 2.38. The fraction of sp³-hybridized carbons (Fsp3) is 0. The Hall–Kier alpha value is -4.96. The molecule has 7 aromatic rings. The molecule has 0 unspecified atom stereocenters. The maximum absolute atomic E-state index is 13.6. The quantitative estimate of drug-likeness (QED) is 0.247. The molecule has 0 spiro atoms. The van der Waals surface area contributed by atoms with E-state index in [0.29, 0.717) is 43.9 Å². The summed E-state index contributed by atoms with van der Waals surface area (Å²) in [6.45, 7) is 0. The Morgan fingerprint density at radius 2 is 0.722 bits per heavy atom. The molecule has 0 aliphatic heterocycles. The maximum atomic E-state index is 13.6. The minimum atomic E-state index is -0.0827. The van der Waals surface area contributed by atoms with Crippen LogP contribution in [0.3, 0.4) is 0 Å². The highest BCUT2D eigenvalue weighted by molar-refractivity contribution is 6.06. The van der Waals surface area contributed by atoms with Crippen LogP contribution in [0, 0.1) is 0 Å². The lowest BCUT2D eigenvalue weighted by atomic mass is 9.90. The van der Waals surface area contributed by atoms with Gasteiger partial charge in [0.2, 0.25) is 10.9 Å². The van der Waals surface area contributed by atoms with Gasteiger partial charge in [-0.2, -0.15) is 0 Å². The SMILES string of the molecule is O=c1c2ccccc2oc2cccc(-c3ccccc3-c3cccc4oc5ccccc5c(=O)c34)c12. The van der Waals surface area contributed by atoms with Crippen molar-refractivity contribution < 1.29 is 8.83 Å². The molecule has 0 amide bonds. The van der Waals surface area contributed by atoms with Crippen molar-refractivity contribution in [2.75, 3.05) is 0 Å². The van der Waals surface area contributed by atoms with E-state index in [1.165, 1.54) is 0 Å². The van der Waals surface area contributed by atoms with Gasteiger partial charge in [-0.25, -0.2) is 0 Å². The molecule has 4 heteroatoms. The van der Waals surface area contributed by atoms with E-state index in [-0.39, 0.29) is 10.9 Å². The number of para-hydroxylation sites is 2. The molecule has 0 N–H and O–H groups in total. The summed E-state index contributed by atoms with van der Waals surface area (Å²) in [6.07, 6.45) is 0. The zero-order valence-electron chi connectivity index (χ0n) is 19.0. The lowest BCUT2D eigenvalue weighted by molar-refractivity contribution is 0.659. The van der Waals surface area contributed by atoms with Crippen LogP contribution in [0.2, 0.25) is 0 Å². The van der Waals surface area contributed by atoms with Gasteiger partial charge in [-0.1, -0.05) is 72.8 Å². The third-order valence-electron chi connectivity index (χ3n) is 6.72. The maximum Gasteiger partial charge on any atom is 0.201 e. The largest absolute Gasteiger partial charge is 0.456 e. The monoisotopic (exact) mass is 466 g/mol. The molecule has 0 aliphatic carbocycles. The second-order valence-electron chi connectivity index (χ2n) is 8.76. The highest BCUT2D eigenvalue weighted by atomic mass is 16.3. The first-order valence-electron chi connectivity index (χ1n) is 11.7. The summed E-state index contributed by atoms with van der Waals surface area (Å²) < 4.78 is 12.2. The van der Waals surface area contributed by atoms with Crippen molar-refractivity contribution in [2.45, 2.75) is 0 Å². The van der Waals surface area contributed by atoms with Gasteiger partial charge < -0.3 is 8.83 Å². The van der Waals surface area contributed by atoms with Crippen molar-refractivity contribution in [2.24, 2.45) is 0 Å². The van der Waals surface area contributed by atoms with Crippen molar-refractivity contribution in [1.29, 1.82) is 0 Å². The molecule has 4 nitrogen and oxygen atoms in total. The lowest BCUT2D eigenvalue weighted by Gasteiger charge is -2.14. The molecule has 2 aromatic heterocycles. The summed E-state index contributed by atoms with van der Waals surface area (Å²) in [5.41, 5.74) is 5.18. The molecule has 0 radical (unpaired) electrons. The van der Waals surface area contributed by atoms with Gasteiger partial charge in [-0.3, -0.25) is 9.59 Å². The molecule has 7 rings (SSSR count). The summed E-state index contributed by atoms with van der Waals surface area (Å²) in [5.74, 6) is 0. The number of benzene rings is 5. The van der Waals surface area contributed by atoms with E-state index in [1.54, 1.807) is 24.3 Å². The first-order valence-corrected chi connectivity index (χ1v) is 11.7. The van der Waals surface area contributed by atoms with Crippen LogP contribution >= 0.6 is 0 Å². The van der Waals surface area contributed by atoms with Crippen LogP contribution in [0.25, 0.3) is 66.1 Å². The minimum Gasteiger partial charge on any atom is -0.456 e. The Balaban J connectivity index is 1.58. The third-order valence-corrected chi connectivity index (χ3v) is 6.72. The summed E-state index contributed by atoms with van der Waals surface area (Å²) in [7, 11) is 0. The Bertz CT molecular complexity index is 1950. The smallest absolute Gasteiger partial charge is 0.201 e. The fourth-order valence-electron chi connectivity index (χ4n) is 5.10. The third kappa shape index (κ3) is 2.95. The second-order valence-corrected chi connectivity index (χ2v) is 8.76. The van der Waals surface area contributed by atoms with Gasteiger partial charge >= 0.3 is 0 Å².